The summed E-state index contributed by atoms with van der Waals surface area (Å²) >= 11 is 0. The number of aliphatic carboxylic acids is 1. The number of carboxylic acid groups (broad SMARTS) is 1. The highest BCUT2D eigenvalue weighted by Gasteiger charge is 2.04. The first-order valence-corrected chi connectivity index (χ1v) is 3.94. The summed E-state index contributed by atoms with van der Waals surface area (Å²) in [6, 6.07) is 1.59. The zero-order valence-corrected chi connectivity index (χ0v) is 7.07. The van der Waals surface area contributed by atoms with Crippen molar-refractivity contribution >= 4 is 17.1 Å². The molecule has 0 aliphatic rings. The van der Waals surface area contributed by atoms with Gasteiger partial charge in [-0.05, 0) is 11.6 Å². The minimum atomic E-state index is -0.927. The number of rotatable bonds is 2. The molecule has 0 radical (unpaired) electrons. The lowest BCUT2D eigenvalue weighted by molar-refractivity contribution is -0.136. The molecule has 0 aliphatic heterocycles. The number of aromatic nitrogens is 3. The second-order valence-electron chi connectivity index (χ2n) is 2.89. The van der Waals surface area contributed by atoms with E-state index in [9.17, 15) is 9.59 Å². The van der Waals surface area contributed by atoms with Crippen LogP contribution in [0.15, 0.2) is 17.1 Å². The number of nitrogens with zero attached hydrogens (tertiary/aromatic N) is 1. The zero-order chi connectivity index (χ0) is 10.1. The van der Waals surface area contributed by atoms with Gasteiger partial charge in [-0.1, -0.05) is 0 Å². The Bertz CT molecular complexity index is 540. The van der Waals surface area contributed by atoms with Crippen molar-refractivity contribution in [2.24, 2.45) is 0 Å². The maximum Gasteiger partial charge on any atom is 0.325 e. The van der Waals surface area contributed by atoms with Crippen molar-refractivity contribution in [2.75, 3.05) is 0 Å². The maximum atomic E-state index is 10.9. The summed E-state index contributed by atoms with van der Waals surface area (Å²) in [5.74, 6) is -0.927. The quantitative estimate of drug-likeness (QED) is 0.619. The van der Waals surface area contributed by atoms with E-state index in [2.05, 4.69) is 15.0 Å². The monoisotopic (exact) mass is 193 g/mol. The lowest BCUT2D eigenvalue weighted by atomic mass is 10.2. The van der Waals surface area contributed by atoms with Gasteiger partial charge in [0.15, 0.2) is 5.65 Å². The Kier molecular flexibility index (Phi) is 1.81. The average molecular weight is 193 g/mol. The Hall–Kier alpha value is -2.11. The average Bonchev–Trinajstić information content (AvgIpc) is 2.42. The van der Waals surface area contributed by atoms with E-state index in [-0.39, 0.29) is 12.1 Å². The van der Waals surface area contributed by atoms with Crippen LogP contribution in [0, 0.1) is 0 Å². The van der Waals surface area contributed by atoms with Crippen LogP contribution in [0.4, 0.5) is 0 Å². The van der Waals surface area contributed by atoms with Crippen LogP contribution in [-0.4, -0.2) is 26.0 Å². The highest BCUT2D eigenvalue weighted by molar-refractivity contribution is 5.74. The molecule has 0 bridgehead atoms. The molecule has 0 unspecified atom stereocenters. The molecule has 2 aromatic heterocycles. The predicted octanol–water partition coefficient (Wildman–Crippen LogP) is -0.122. The molecule has 0 aliphatic carbocycles. The van der Waals surface area contributed by atoms with Crippen LogP contribution in [0.5, 0.6) is 0 Å². The van der Waals surface area contributed by atoms with E-state index in [0.717, 1.165) is 0 Å². The minimum Gasteiger partial charge on any atom is -0.481 e. The van der Waals surface area contributed by atoms with Gasteiger partial charge >= 0.3 is 11.7 Å². The van der Waals surface area contributed by atoms with Gasteiger partial charge < -0.3 is 10.1 Å². The molecule has 72 valence electrons. The molecule has 0 atom stereocenters. The summed E-state index contributed by atoms with van der Waals surface area (Å²) < 4.78 is 0. The lowest BCUT2D eigenvalue weighted by Gasteiger charge is -1.94. The number of fused-ring (bicyclic) bond motifs is 1. The molecular weight excluding hydrogens is 186 g/mol. The van der Waals surface area contributed by atoms with Gasteiger partial charge in [0.2, 0.25) is 0 Å². The van der Waals surface area contributed by atoms with E-state index in [1.54, 1.807) is 6.07 Å². The number of hydrogen-bond acceptors (Lipinski definition) is 3. The van der Waals surface area contributed by atoms with Gasteiger partial charge in [0, 0.05) is 6.20 Å². The molecule has 0 aromatic carbocycles. The third-order valence-corrected chi connectivity index (χ3v) is 1.78. The number of hydrogen-bond donors (Lipinski definition) is 3. The van der Waals surface area contributed by atoms with E-state index in [1.807, 2.05) is 0 Å². The summed E-state index contributed by atoms with van der Waals surface area (Å²) in [5.41, 5.74) is 1.16. The third-order valence-electron chi connectivity index (χ3n) is 1.78. The van der Waals surface area contributed by atoms with Gasteiger partial charge in [-0.15, -0.1) is 0 Å². The van der Waals surface area contributed by atoms with E-state index < -0.39 is 5.97 Å². The van der Waals surface area contributed by atoms with Crippen LogP contribution < -0.4 is 5.69 Å². The summed E-state index contributed by atoms with van der Waals surface area (Å²) in [7, 11) is 0. The van der Waals surface area contributed by atoms with Gasteiger partial charge in [0.05, 0.1) is 11.9 Å². The van der Waals surface area contributed by atoms with Gasteiger partial charge in [-0.2, -0.15) is 0 Å². The van der Waals surface area contributed by atoms with Crippen molar-refractivity contribution in [1.82, 2.24) is 15.0 Å². The topological polar surface area (TPSA) is 98.8 Å². The normalized spacial score (nSPS) is 10.6. The van der Waals surface area contributed by atoms with Crippen LogP contribution in [0.1, 0.15) is 5.56 Å². The fourth-order valence-electron chi connectivity index (χ4n) is 1.24. The van der Waals surface area contributed by atoms with E-state index in [4.69, 9.17) is 5.11 Å². The van der Waals surface area contributed by atoms with E-state index in [1.165, 1.54) is 6.20 Å². The first kappa shape index (κ1) is 8.49. The number of carboxylic acids is 1. The van der Waals surface area contributed by atoms with Crippen LogP contribution in [0.25, 0.3) is 11.2 Å². The number of H-pyrrole nitrogens is 2. The van der Waals surface area contributed by atoms with E-state index >= 15 is 0 Å². The second-order valence-corrected chi connectivity index (χ2v) is 2.89. The van der Waals surface area contributed by atoms with Crippen molar-refractivity contribution in [3.05, 3.63) is 28.3 Å². The first-order chi connectivity index (χ1) is 6.65. The zero-order valence-electron chi connectivity index (χ0n) is 7.07. The Morgan fingerprint density at radius 3 is 3.00 bits per heavy atom. The Labute approximate surface area is 77.6 Å². The van der Waals surface area contributed by atoms with Crippen LogP contribution in [0.2, 0.25) is 0 Å². The highest BCUT2D eigenvalue weighted by Crippen LogP contribution is 2.06. The summed E-state index contributed by atoms with van der Waals surface area (Å²) in [5, 5.41) is 8.54. The molecule has 2 heterocycles. The van der Waals surface area contributed by atoms with Crippen LogP contribution in [-0.2, 0) is 11.2 Å². The van der Waals surface area contributed by atoms with E-state index in [0.29, 0.717) is 16.7 Å². The minimum absolute atomic E-state index is 0.101. The number of nitrogens with one attached hydrogen (secondary N) is 2. The smallest absolute Gasteiger partial charge is 0.325 e. The molecule has 0 saturated heterocycles. The SMILES string of the molecule is O=C(O)Cc1cnc2[nH]c(=O)[nH]c2c1. The fraction of sp³-hybridized carbons (Fsp3) is 0.125. The standard InChI is InChI=1S/C8H7N3O3/c12-6(13)2-4-1-5-7(9-3-4)11-8(14)10-5/h1,3H,2H2,(H,12,13)(H2,9,10,11,14). The number of pyridine rings is 1. The van der Waals surface area contributed by atoms with Crippen LogP contribution in [0.3, 0.4) is 0 Å². The van der Waals surface area contributed by atoms with Crippen molar-refractivity contribution < 1.29 is 9.90 Å². The fourth-order valence-corrected chi connectivity index (χ4v) is 1.24. The predicted molar refractivity (Wildman–Crippen MR) is 48.1 cm³/mol. The number of imidazole rings is 1. The van der Waals surface area contributed by atoms with Crippen molar-refractivity contribution in [3.8, 4) is 0 Å². The second kappa shape index (κ2) is 2.99. The Balaban J connectivity index is 2.50. The molecule has 6 nitrogen and oxygen atoms in total. The van der Waals surface area contributed by atoms with Crippen molar-refractivity contribution in [1.29, 1.82) is 0 Å². The molecule has 6 heteroatoms. The van der Waals surface area contributed by atoms with Gasteiger partial charge in [0.25, 0.3) is 0 Å². The summed E-state index contributed by atoms with van der Waals surface area (Å²) in [6.45, 7) is 0. The molecule has 0 amide bonds. The molecule has 0 saturated carbocycles. The molecule has 0 fully saturated rings. The Morgan fingerprint density at radius 2 is 2.29 bits per heavy atom. The van der Waals surface area contributed by atoms with Crippen molar-refractivity contribution in [3.63, 3.8) is 0 Å². The maximum absolute atomic E-state index is 10.9. The molecule has 2 aromatic rings. The van der Waals surface area contributed by atoms with Gasteiger partial charge in [-0.3, -0.25) is 9.78 Å². The van der Waals surface area contributed by atoms with Crippen molar-refractivity contribution in [2.45, 2.75) is 6.42 Å². The first-order valence-electron chi connectivity index (χ1n) is 3.94. The Morgan fingerprint density at radius 1 is 1.50 bits per heavy atom. The molecule has 0 spiro atoms. The third kappa shape index (κ3) is 1.49. The number of carbonyl (C=O) groups is 1. The lowest BCUT2D eigenvalue weighted by Crippen LogP contribution is -2.00. The van der Waals surface area contributed by atoms with Crippen LogP contribution >= 0.6 is 0 Å². The molecular formula is C8H7N3O3. The molecule has 3 N–H and O–H groups in total. The number of aromatic amines is 2. The largest absolute Gasteiger partial charge is 0.481 e. The summed E-state index contributed by atoms with van der Waals surface area (Å²) in [6.07, 6.45) is 1.33. The van der Waals surface area contributed by atoms with Gasteiger partial charge in [-0.25, -0.2) is 9.78 Å². The highest BCUT2D eigenvalue weighted by atomic mass is 16.4. The molecule has 2 rings (SSSR count). The summed E-state index contributed by atoms with van der Waals surface area (Å²) in [4.78, 5) is 30.1. The molecule has 14 heavy (non-hydrogen) atoms. The van der Waals surface area contributed by atoms with Gasteiger partial charge in [0.1, 0.15) is 0 Å².